The zero-order valence-electron chi connectivity index (χ0n) is 16.5. The van der Waals surface area contributed by atoms with Crippen molar-refractivity contribution in [2.24, 2.45) is 11.0 Å². The summed E-state index contributed by atoms with van der Waals surface area (Å²) < 4.78 is 7.68. The van der Waals surface area contributed by atoms with E-state index in [0.717, 1.165) is 36.9 Å². The van der Waals surface area contributed by atoms with Crippen LogP contribution in [-0.4, -0.2) is 32.4 Å². The summed E-state index contributed by atoms with van der Waals surface area (Å²) in [6.07, 6.45) is 11.0. The van der Waals surface area contributed by atoms with Crippen LogP contribution in [0.5, 0.6) is 0 Å². The van der Waals surface area contributed by atoms with Gasteiger partial charge in [0.1, 0.15) is 6.10 Å². The van der Waals surface area contributed by atoms with Crippen molar-refractivity contribution in [3.63, 3.8) is 0 Å². The molecule has 1 aromatic heterocycles. The first-order valence-corrected chi connectivity index (χ1v) is 9.90. The van der Waals surface area contributed by atoms with Crippen LogP contribution in [0.25, 0.3) is 11.3 Å². The molecule has 0 aliphatic heterocycles. The van der Waals surface area contributed by atoms with E-state index in [9.17, 15) is 5.11 Å². The van der Waals surface area contributed by atoms with Gasteiger partial charge in [-0.2, -0.15) is 0 Å². The highest BCUT2D eigenvalue weighted by Crippen LogP contribution is 2.33. The SMILES string of the molecule is C#Cc1ncc(-c2cccc(Cl)c2)n1/N=C(\C)O[C@H]1CC[C@H](C(C)(C)O)CC1. The van der Waals surface area contributed by atoms with Gasteiger partial charge >= 0.3 is 0 Å². The third-order valence-electron chi connectivity index (χ3n) is 5.24. The number of terminal acetylenes is 1. The molecule has 1 aliphatic rings. The van der Waals surface area contributed by atoms with Gasteiger partial charge in [0, 0.05) is 17.5 Å². The third kappa shape index (κ3) is 4.76. The lowest BCUT2D eigenvalue weighted by atomic mass is 9.78. The minimum absolute atomic E-state index is 0.0924. The molecular formula is C22H26ClN3O2. The van der Waals surface area contributed by atoms with E-state index in [2.05, 4.69) is 16.0 Å². The molecule has 1 N–H and O–H groups in total. The van der Waals surface area contributed by atoms with Gasteiger partial charge in [0.05, 0.1) is 17.5 Å². The Kier molecular flexibility index (Phi) is 6.12. The first-order chi connectivity index (χ1) is 13.3. The standard InChI is InChI=1S/C22H26ClN3O2/c1-5-21-24-14-20(16-7-6-8-18(23)13-16)26(21)25-15(2)28-19-11-9-17(10-12-19)22(3,4)27/h1,6-8,13-14,17,19,27H,9-12H2,2-4H3/b25-15+/t17-,19-. The van der Waals surface area contributed by atoms with Crippen molar-refractivity contribution in [2.45, 2.75) is 58.2 Å². The fraction of sp³-hybridized carbons (Fsp3) is 0.455. The van der Waals surface area contributed by atoms with Crippen LogP contribution >= 0.6 is 11.6 Å². The first-order valence-electron chi connectivity index (χ1n) is 9.53. The Balaban J connectivity index is 1.76. The molecule has 148 valence electrons. The lowest BCUT2D eigenvalue weighted by Crippen LogP contribution is -2.36. The lowest BCUT2D eigenvalue weighted by molar-refractivity contribution is -0.0169. The fourth-order valence-electron chi connectivity index (χ4n) is 3.68. The molecule has 0 saturated heterocycles. The van der Waals surface area contributed by atoms with Gasteiger partial charge in [-0.1, -0.05) is 23.7 Å². The Hall–Kier alpha value is -2.29. The second kappa shape index (κ2) is 8.38. The normalized spacial score (nSPS) is 20.6. The maximum atomic E-state index is 10.2. The predicted molar refractivity (Wildman–Crippen MR) is 112 cm³/mol. The van der Waals surface area contributed by atoms with Crippen molar-refractivity contribution in [1.82, 2.24) is 9.66 Å². The number of benzene rings is 1. The van der Waals surface area contributed by atoms with Crippen LogP contribution in [-0.2, 0) is 4.74 Å². The number of nitrogens with zero attached hydrogens (tertiary/aromatic N) is 3. The summed E-state index contributed by atoms with van der Waals surface area (Å²) in [7, 11) is 0. The van der Waals surface area contributed by atoms with Crippen molar-refractivity contribution in [3.05, 3.63) is 41.3 Å². The van der Waals surface area contributed by atoms with Crippen LogP contribution in [0.15, 0.2) is 35.6 Å². The summed E-state index contributed by atoms with van der Waals surface area (Å²) in [5.74, 6) is 3.80. The zero-order valence-corrected chi connectivity index (χ0v) is 17.3. The summed E-state index contributed by atoms with van der Waals surface area (Å²) in [6, 6.07) is 7.47. The van der Waals surface area contributed by atoms with E-state index in [1.54, 1.807) is 10.9 Å². The average Bonchev–Trinajstić information content (AvgIpc) is 3.04. The van der Waals surface area contributed by atoms with Gasteiger partial charge in [0.2, 0.25) is 11.7 Å². The summed E-state index contributed by atoms with van der Waals surface area (Å²) >= 11 is 6.12. The van der Waals surface area contributed by atoms with Crippen molar-refractivity contribution >= 4 is 17.5 Å². The molecule has 28 heavy (non-hydrogen) atoms. The number of hydrogen-bond donors (Lipinski definition) is 1. The molecule has 1 aliphatic carbocycles. The van der Waals surface area contributed by atoms with Gasteiger partial charge in [-0.15, -0.1) is 11.5 Å². The molecule has 5 nitrogen and oxygen atoms in total. The molecule has 0 spiro atoms. The van der Waals surface area contributed by atoms with Gasteiger partial charge in [-0.25, -0.2) is 9.66 Å². The molecule has 1 saturated carbocycles. The zero-order chi connectivity index (χ0) is 20.3. The highest BCUT2D eigenvalue weighted by molar-refractivity contribution is 6.30. The number of imidazole rings is 1. The van der Waals surface area contributed by atoms with Crippen molar-refractivity contribution < 1.29 is 9.84 Å². The molecule has 0 atom stereocenters. The fourth-order valence-corrected chi connectivity index (χ4v) is 3.87. The van der Waals surface area contributed by atoms with Crippen LogP contribution in [0.2, 0.25) is 5.02 Å². The van der Waals surface area contributed by atoms with Crippen LogP contribution in [0.4, 0.5) is 0 Å². The number of halogens is 1. The topological polar surface area (TPSA) is 59.6 Å². The number of aliphatic hydroxyl groups is 1. The van der Waals surface area contributed by atoms with E-state index < -0.39 is 5.60 Å². The number of rotatable bonds is 4. The summed E-state index contributed by atoms with van der Waals surface area (Å²) in [5, 5.41) is 15.4. The van der Waals surface area contributed by atoms with Gasteiger partial charge in [0.15, 0.2) is 0 Å². The Morgan fingerprint density at radius 3 is 2.68 bits per heavy atom. The Morgan fingerprint density at radius 1 is 1.36 bits per heavy atom. The minimum Gasteiger partial charge on any atom is -0.477 e. The number of hydrogen-bond acceptors (Lipinski definition) is 4. The van der Waals surface area contributed by atoms with E-state index in [-0.39, 0.29) is 6.10 Å². The largest absolute Gasteiger partial charge is 0.477 e. The van der Waals surface area contributed by atoms with Crippen molar-refractivity contribution in [3.8, 4) is 23.6 Å². The highest BCUT2D eigenvalue weighted by Gasteiger charge is 2.32. The quantitative estimate of drug-likeness (QED) is 0.460. The van der Waals surface area contributed by atoms with Crippen molar-refractivity contribution in [1.29, 1.82) is 0 Å². The van der Waals surface area contributed by atoms with Crippen LogP contribution in [0.1, 0.15) is 52.3 Å². The maximum Gasteiger partial charge on any atom is 0.206 e. The van der Waals surface area contributed by atoms with Gasteiger partial charge in [-0.05, 0) is 63.5 Å². The second-order valence-corrected chi connectivity index (χ2v) is 8.23. The van der Waals surface area contributed by atoms with E-state index in [1.165, 1.54) is 0 Å². The minimum atomic E-state index is -0.640. The molecule has 3 rings (SSSR count). The molecule has 1 aromatic carbocycles. The van der Waals surface area contributed by atoms with Crippen molar-refractivity contribution in [2.75, 3.05) is 0 Å². The van der Waals surface area contributed by atoms with Gasteiger partial charge in [0.25, 0.3) is 0 Å². The van der Waals surface area contributed by atoms with E-state index in [1.807, 2.05) is 45.0 Å². The molecular weight excluding hydrogens is 374 g/mol. The summed E-state index contributed by atoms with van der Waals surface area (Å²) in [4.78, 5) is 4.27. The highest BCUT2D eigenvalue weighted by atomic mass is 35.5. The van der Waals surface area contributed by atoms with Crippen LogP contribution in [0.3, 0.4) is 0 Å². The first kappa shape index (κ1) is 20.4. The van der Waals surface area contributed by atoms with E-state index in [0.29, 0.717) is 22.7 Å². The van der Waals surface area contributed by atoms with E-state index >= 15 is 0 Å². The van der Waals surface area contributed by atoms with Crippen LogP contribution in [0, 0.1) is 18.3 Å². The molecule has 0 unspecified atom stereocenters. The molecule has 0 bridgehead atoms. The second-order valence-electron chi connectivity index (χ2n) is 7.80. The number of ether oxygens (including phenoxy) is 1. The van der Waals surface area contributed by atoms with Crippen LogP contribution < -0.4 is 0 Å². The summed E-state index contributed by atoms with van der Waals surface area (Å²) in [5.41, 5.74) is 0.992. The predicted octanol–water partition coefficient (Wildman–Crippen LogP) is 4.71. The monoisotopic (exact) mass is 399 g/mol. The maximum absolute atomic E-state index is 10.2. The van der Waals surface area contributed by atoms with E-state index in [4.69, 9.17) is 22.8 Å². The third-order valence-corrected chi connectivity index (χ3v) is 5.47. The molecule has 0 radical (unpaired) electrons. The Labute approximate surface area is 171 Å². The molecule has 1 heterocycles. The summed E-state index contributed by atoms with van der Waals surface area (Å²) in [6.45, 7) is 5.58. The molecule has 2 aromatic rings. The molecule has 0 amide bonds. The average molecular weight is 400 g/mol. The Morgan fingerprint density at radius 2 is 2.07 bits per heavy atom. The molecule has 1 fully saturated rings. The molecule has 6 heteroatoms. The Bertz CT molecular complexity index is 897. The number of aromatic nitrogens is 2. The van der Waals surface area contributed by atoms with Gasteiger partial charge < -0.3 is 9.84 Å². The smallest absolute Gasteiger partial charge is 0.206 e. The lowest BCUT2D eigenvalue weighted by Gasteiger charge is -2.35. The van der Waals surface area contributed by atoms with Gasteiger partial charge in [-0.3, -0.25) is 0 Å².